The van der Waals surface area contributed by atoms with Crippen molar-refractivity contribution in [2.45, 2.75) is 123 Å². The van der Waals surface area contributed by atoms with Crippen LogP contribution >= 0.6 is 0 Å². The summed E-state index contributed by atoms with van der Waals surface area (Å²) in [6.07, 6.45) is 4.61. The third kappa shape index (κ3) is 4.58. The van der Waals surface area contributed by atoms with Crippen LogP contribution in [0.25, 0.3) is 0 Å². The molecule has 7 nitrogen and oxygen atoms in total. The Bertz CT molecular complexity index is 1270. The molecule has 5 aliphatic rings. The number of fused-ring (bicyclic) bond motifs is 6. The van der Waals surface area contributed by atoms with Crippen molar-refractivity contribution in [3.8, 4) is 0 Å². The van der Waals surface area contributed by atoms with Gasteiger partial charge in [-0.2, -0.15) is 0 Å². The van der Waals surface area contributed by atoms with Gasteiger partial charge in [0, 0.05) is 12.8 Å². The van der Waals surface area contributed by atoms with Gasteiger partial charge in [-0.25, -0.2) is 4.79 Å². The highest BCUT2D eigenvalue weighted by Gasteiger charge is 2.76. The van der Waals surface area contributed by atoms with Gasteiger partial charge in [-0.15, -0.1) is 0 Å². The summed E-state index contributed by atoms with van der Waals surface area (Å²) in [7, 11) is 0. The van der Waals surface area contributed by atoms with E-state index in [1.807, 2.05) is 25.1 Å². The lowest BCUT2D eigenvalue weighted by Crippen LogP contribution is -2.70. The van der Waals surface area contributed by atoms with Crippen molar-refractivity contribution < 1.29 is 34.0 Å². The molecule has 11 atom stereocenters. The molecule has 0 spiro atoms. The molecule has 0 radical (unpaired) electrons. The van der Waals surface area contributed by atoms with Gasteiger partial charge in [-0.1, -0.05) is 45.9 Å². The fraction of sp³-hybridized carbons (Fsp3) is 0.722. The third-order valence-corrected chi connectivity index (χ3v) is 12.6. The molecule has 1 heterocycles. The second-order valence-corrected chi connectivity index (χ2v) is 15.1. The van der Waals surface area contributed by atoms with Crippen LogP contribution in [-0.4, -0.2) is 52.2 Å². The zero-order chi connectivity index (χ0) is 30.9. The first-order chi connectivity index (χ1) is 20.3. The quantitative estimate of drug-likeness (QED) is 0.377. The summed E-state index contributed by atoms with van der Waals surface area (Å²) in [5.41, 5.74) is -1.25. The second kappa shape index (κ2) is 10.9. The topological polar surface area (TPSA) is 102 Å². The molecule has 7 heteroatoms. The molecule has 2 N–H and O–H groups in total. The lowest BCUT2D eigenvalue weighted by Gasteiger charge is -2.65. The van der Waals surface area contributed by atoms with E-state index < -0.39 is 29.2 Å². The maximum atomic E-state index is 13.7. The minimum atomic E-state index is -1.53. The summed E-state index contributed by atoms with van der Waals surface area (Å²) in [5.74, 6) is 0.550. The van der Waals surface area contributed by atoms with Crippen molar-refractivity contribution in [1.82, 2.24) is 0 Å². The van der Waals surface area contributed by atoms with E-state index in [1.165, 1.54) is 6.92 Å². The van der Waals surface area contributed by atoms with Crippen molar-refractivity contribution in [1.29, 1.82) is 0 Å². The maximum absolute atomic E-state index is 13.7. The highest BCUT2D eigenvalue weighted by atomic mass is 16.6. The number of rotatable bonds is 6. The van der Waals surface area contributed by atoms with Gasteiger partial charge >= 0.3 is 11.9 Å². The molecule has 1 unspecified atom stereocenters. The number of benzene rings is 1. The van der Waals surface area contributed by atoms with Gasteiger partial charge in [0.1, 0.15) is 35.8 Å². The first kappa shape index (κ1) is 30.6. The summed E-state index contributed by atoms with van der Waals surface area (Å²) < 4.78 is 18.7. The van der Waals surface area contributed by atoms with Gasteiger partial charge in [0.15, 0.2) is 0 Å². The van der Waals surface area contributed by atoms with Crippen LogP contribution in [0.5, 0.6) is 0 Å². The molecule has 0 bridgehead atoms. The standard InChI is InChI=1S/C36H50O7/c1-20(2)12-15-28-21(3)30-31(42-28)32(38)36(40)26-14-13-24-18-25(41-22(4)37)16-17-34(24,5)27(26)19-29(35(30,36)6)43-33(39)23-10-8-7-9-11-23/h7-11,20-21,24-29,32,38,40H,12-19H2,1-6H3/t21-,24+,25+,26-,27+,28?,29-,32+,34+,35-,36-/m1/s1. The zero-order valence-electron chi connectivity index (χ0n) is 26.7. The first-order valence-electron chi connectivity index (χ1n) is 16.6. The van der Waals surface area contributed by atoms with Crippen molar-refractivity contribution in [2.24, 2.45) is 40.4 Å². The molecule has 1 aromatic carbocycles. The van der Waals surface area contributed by atoms with Crippen molar-refractivity contribution in [3.63, 3.8) is 0 Å². The lowest BCUT2D eigenvalue weighted by molar-refractivity contribution is -0.263. The van der Waals surface area contributed by atoms with E-state index in [0.29, 0.717) is 29.6 Å². The number of ether oxygens (including phenoxy) is 3. The third-order valence-electron chi connectivity index (χ3n) is 12.6. The minimum absolute atomic E-state index is 0.0111. The average molecular weight is 595 g/mol. The highest BCUT2D eigenvalue weighted by molar-refractivity contribution is 5.89. The Morgan fingerprint density at radius 1 is 1.05 bits per heavy atom. The van der Waals surface area contributed by atoms with Crippen LogP contribution in [0.4, 0.5) is 0 Å². The smallest absolute Gasteiger partial charge is 0.338 e. The van der Waals surface area contributed by atoms with Crippen LogP contribution < -0.4 is 0 Å². The molecule has 1 aliphatic heterocycles. The number of aliphatic hydroxyl groups excluding tert-OH is 1. The number of aliphatic hydroxyl groups is 2. The van der Waals surface area contributed by atoms with E-state index in [1.54, 1.807) is 12.1 Å². The van der Waals surface area contributed by atoms with Gasteiger partial charge in [0.2, 0.25) is 0 Å². The Morgan fingerprint density at radius 3 is 2.44 bits per heavy atom. The van der Waals surface area contributed by atoms with Gasteiger partial charge in [0.25, 0.3) is 0 Å². The molecule has 236 valence electrons. The monoisotopic (exact) mass is 594 g/mol. The van der Waals surface area contributed by atoms with E-state index in [0.717, 1.165) is 50.5 Å². The van der Waals surface area contributed by atoms with Gasteiger partial charge < -0.3 is 24.4 Å². The summed E-state index contributed by atoms with van der Waals surface area (Å²) >= 11 is 0. The molecular formula is C36H50O7. The Labute approximate surface area is 256 Å². The van der Waals surface area contributed by atoms with Crippen LogP contribution in [0.1, 0.15) is 103 Å². The second-order valence-electron chi connectivity index (χ2n) is 15.1. The van der Waals surface area contributed by atoms with Gasteiger partial charge in [0.05, 0.1) is 11.0 Å². The molecule has 1 aromatic rings. The zero-order valence-corrected chi connectivity index (χ0v) is 26.7. The largest absolute Gasteiger partial charge is 0.491 e. The van der Waals surface area contributed by atoms with Crippen LogP contribution in [-0.2, 0) is 19.0 Å². The molecule has 3 fully saturated rings. The fourth-order valence-corrected chi connectivity index (χ4v) is 10.3. The Hall–Kier alpha value is -2.38. The highest BCUT2D eigenvalue weighted by Crippen LogP contribution is 2.71. The van der Waals surface area contributed by atoms with Crippen LogP contribution in [0.15, 0.2) is 41.7 Å². The minimum Gasteiger partial charge on any atom is -0.491 e. The van der Waals surface area contributed by atoms with E-state index in [4.69, 9.17) is 14.2 Å². The van der Waals surface area contributed by atoms with Crippen molar-refractivity contribution in [3.05, 3.63) is 47.2 Å². The molecule has 3 saturated carbocycles. The van der Waals surface area contributed by atoms with E-state index in [9.17, 15) is 19.8 Å². The van der Waals surface area contributed by atoms with E-state index >= 15 is 0 Å². The maximum Gasteiger partial charge on any atom is 0.338 e. The fourth-order valence-electron chi connectivity index (χ4n) is 10.3. The molecular weight excluding hydrogens is 544 g/mol. The van der Waals surface area contributed by atoms with Crippen LogP contribution in [0.2, 0.25) is 0 Å². The van der Waals surface area contributed by atoms with E-state index in [-0.39, 0.29) is 41.3 Å². The van der Waals surface area contributed by atoms with Crippen LogP contribution in [0, 0.1) is 40.4 Å². The van der Waals surface area contributed by atoms with Crippen molar-refractivity contribution >= 4 is 11.9 Å². The van der Waals surface area contributed by atoms with Crippen molar-refractivity contribution in [2.75, 3.05) is 0 Å². The summed E-state index contributed by atoms with van der Waals surface area (Å²) in [6.45, 7) is 12.4. The SMILES string of the molecule is CC(=O)O[C@H]1CC[C@@]2(C)[C@@H](CC[C@@H]3[C@@H]2C[C@@H](OC(=O)c2ccccc2)[C@]2(C)C4=C(OC(CCC(C)C)[C@H]4C)[C@H](O)[C@]32O)C1. The molecule has 4 aliphatic carbocycles. The molecule has 43 heavy (non-hydrogen) atoms. The normalized spacial score (nSPS) is 43.3. The summed E-state index contributed by atoms with van der Waals surface area (Å²) in [5, 5.41) is 25.2. The summed E-state index contributed by atoms with van der Waals surface area (Å²) in [4.78, 5) is 25.4. The molecule has 0 aromatic heterocycles. The predicted molar refractivity (Wildman–Crippen MR) is 162 cm³/mol. The lowest BCUT2D eigenvalue weighted by atomic mass is 9.42. The first-order valence-corrected chi connectivity index (χ1v) is 16.6. The predicted octanol–water partition coefficient (Wildman–Crippen LogP) is 6.22. The molecule has 0 amide bonds. The van der Waals surface area contributed by atoms with Gasteiger partial charge in [-0.3, -0.25) is 4.79 Å². The Balaban J connectivity index is 1.38. The Morgan fingerprint density at radius 2 is 1.77 bits per heavy atom. The molecule has 0 saturated heterocycles. The molecule has 6 rings (SSSR count). The van der Waals surface area contributed by atoms with Crippen LogP contribution in [0.3, 0.4) is 0 Å². The Kier molecular flexibility index (Phi) is 7.77. The number of carbonyl (C=O) groups excluding carboxylic acids is 2. The van der Waals surface area contributed by atoms with Gasteiger partial charge in [-0.05, 0) is 105 Å². The average Bonchev–Trinajstić information content (AvgIpc) is 3.38. The number of esters is 2. The summed E-state index contributed by atoms with van der Waals surface area (Å²) in [6, 6.07) is 9.04. The van der Waals surface area contributed by atoms with E-state index in [2.05, 4.69) is 27.7 Å². The number of hydrogen-bond donors (Lipinski definition) is 2. The number of carbonyl (C=O) groups is 2. The number of hydrogen-bond acceptors (Lipinski definition) is 7.